The van der Waals surface area contributed by atoms with Crippen LogP contribution in [0.4, 0.5) is 0 Å². The number of amides is 1. The molecule has 1 fully saturated rings. The summed E-state index contributed by atoms with van der Waals surface area (Å²) in [6.07, 6.45) is 2.09. The van der Waals surface area contributed by atoms with Crippen LogP contribution in [0.1, 0.15) is 23.2 Å². The Morgan fingerprint density at radius 1 is 1.37 bits per heavy atom. The van der Waals surface area contributed by atoms with Crippen molar-refractivity contribution < 1.29 is 14.3 Å². The number of piperidine rings is 1. The molecule has 0 radical (unpaired) electrons. The predicted molar refractivity (Wildman–Crippen MR) is 72.9 cm³/mol. The molecular formula is C14H20N2O3. The maximum absolute atomic E-state index is 12.3. The molecule has 1 aliphatic rings. The van der Waals surface area contributed by atoms with Crippen molar-refractivity contribution in [1.82, 2.24) is 10.6 Å². The molecule has 1 saturated heterocycles. The number of carbonyl (C=O) groups excluding carboxylic acids is 1. The van der Waals surface area contributed by atoms with Gasteiger partial charge in [0.2, 0.25) is 0 Å². The van der Waals surface area contributed by atoms with Gasteiger partial charge in [-0.25, -0.2) is 0 Å². The maximum atomic E-state index is 12.3. The normalized spacial score (nSPS) is 18.7. The molecule has 0 aromatic heterocycles. The lowest BCUT2D eigenvalue weighted by molar-refractivity contribution is 0.0927. The lowest BCUT2D eigenvalue weighted by atomic mass is 10.1. The third kappa shape index (κ3) is 3.38. The predicted octanol–water partition coefficient (Wildman–Crippen LogP) is 1.19. The summed E-state index contributed by atoms with van der Waals surface area (Å²) < 4.78 is 10.4. The molecule has 2 rings (SSSR count). The van der Waals surface area contributed by atoms with Gasteiger partial charge in [-0.2, -0.15) is 0 Å². The van der Waals surface area contributed by atoms with Crippen LogP contribution in [0.5, 0.6) is 11.5 Å². The molecule has 5 nitrogen and oxygen atoms in total. The number of ether oxygens (including phenoxy) is 2. The Balaban J connectivity index is 2.12. The van der Waals surface area contributed by atoms with Gasteiger partial charge in [0.15, 0.2) is 0 Å². The second-order valence-corrected chi connectivity index (χ2v) is 4.58. The Kier molecular flexibility index (Phi) is 4.63. The highest BCUT2D eigenvalue weighted by atomic mass is 16.5. The van der Waals surface area contributed by atoms with Crippen molar-refractivity contribution in [1.29, 1.82) is 0 Å². The van der Waals surface area contributed by atoms with Crippen LogP contribution in [-0.4, -0.2) is 39.3 Å². The van der Waals surface area contributed by atoms with E-state index < -0.39 is 0 Å². The number of benzene rings is 1. The summed E-state index contributed by atoms with van der Waals surface area (Å²) in [5.41, 5.74) is 0.507. The molecule has 1 aliphatic heterocycles. The Morgan fingerprint density at radius 3 is 2.84 bits per heavy atom. The largest absolute Gasteiger partial charge is 0.497 e. The van der Waals surface area contributed by atoms with Crippen LogP contribution >= 0.6 is 0 Å². The van der Waals surface area contributed by atoms with E-state index in [4.69, 9.17) is 9.47 Å². The van der Waals surface area contributed by atoms with Gasteiger partial charge in [0.25, 0.3) is 5.91 Å². The summed E-state index contributed by atoms with van der Waals surface area (Å²) in [5.74, 6) is 1.08. The zero-order chi connectivity index (χ0) is 13.7. The molecule has 0 spiro atoms. The van der Waals surface area contributed by atoms with Gasteiger partial charge >= 0.3 is 0 Å². The van der Waals surface area contributed by atoms with E-state index in [0.717, 1.165) is 25.9 Å². The Bertz CT molecular complexity index is 442. The minimum atomic E-state index is -0.121. The summed E-state index contributed by atoms with van der Waals surface area (Å²) in [6, 6.07) is 5.40. The van der Waals surface area contributed by atoms with Crippen molar-refractivity contribution in [3.05, 3.63) is 23.8 Å². The molecule has 1 amide bonds. The third-order valence-corrected chi connectivity index (χ3v) is 3.28. The first-order chi connectivity index (χ1) is 9.24. The Hall–Kier alpha value is -1.75. The van der Waals surface area contributed by atoms with Gasteiger partial charge < -0.3 is 20.1 Å². The van der Waals surface area contributed by atoms with Crippen LogP contribution < -0.4 is 20.1 Å². The smallest absolute Gasteiger partial charge is 0.255 e. The first-order valence-electron chi connectivity index (χ1n) is 6.48. The van der Waals surface area contributed by atoms with Crippen molar-refractivity contribution >= 4 is 5.91 Å². The fraction of sp³-hybridized carbons (Fsp3) is 0.500. The van der Waals surface area contributed by atoms with Gasteiger partial charge in [-0.05, 0) is 37.6 Å². The van der Waals surface area contributed by atoms with Crippen molar-refractivity contribution in [2.24, 2.45) is 0 Å². The van der Waals surface area contributed by atoms with E-state index in [0.29, 0.717) is 17.1 Å². The highest BCUT2D eigenvalue weighted by molar-refractivity contribution is 5.97. The fourth-order valence-corrected chi connectivity index (χ4v) is 2.23. The van der Waals surface area contributed by atoms with Crippen LogP contribution in [0, 0.1) is 0 Å². The van der Waals surface area contributed by atoms with Crippen molar-refractivity contribution in [2.45, 2.75) is 18.9 Å². The van der Waals surface area contributed by atoms with Crippen molar-refractivity contribution in [2.75, 3.05) is 27.3 Å². The van der Waals surface area contributed by atoms with Gasteiger partial charge in [-0.15, -0.1) is 0 Å². The number of methoxy groups -OCH3 is 2. The molecule has 0 unspecified atom stereocenters. The van der Waals surface area contributed by atoms with Gasteiger partial charge in [0.1, 0.15) is 11.5 Å². The standard InChI is InChI=1S/C14H20N2O3/c1-18-11-5-6-13(19-2)12(8-11)14(17)16-10-4-3-7-15-9-10/h5-6,8,10,15H,3-4,7,9H2,1-2H3,(H,16,17)/t10-/m1/s1. The van der Waals surface area contributed by atoms with Crippen molar-refractivity contribution in [3.63, 3.8) is 0 Å². The summed E-state index contributed by atoms with van der Waals surface area (Å²) in [6.45, 7) is 1.84. The van der Waals surface area contributed by atoms with E-state index in [1.165, 1.54) is 0 Å². The minimum absolute atomic E-state index is 0.121. The molecule has 2 N–H and O–H groups in total. The SMILES string of the molecule is COc1ccc(OC)c(C(=O)N[C@@H]2CCCNC2)c1. The summed E-state index contributed by atoms with van der Waals surface area (Å²) in [7, 11) is 3.13. The van der Waals surface area contributed by atoms with Gasteiger partial charge in [-0.1, -0.05) is 0 Å². The zero-order valence-electron chi connectivity index (χ0n) is 11.4. The molecule has 1 aromatic carbocycles. The van der Waals surface area contributed by atoms with Crippen molar-refractivity contribution in [3.8, 4) is 11.5 Å². The topological polar surface area (TPSA) is 59.6 Å². The number of hydrogen-bond donors (Lipinski definition) is 2. The van der Waals surface area contributed by atoms with Gasteiger partial charge in [0, 0.05) is 12.6 Å². The molecule has 0 saturated carbocycles. The van der Waals surface area contributed by atoms with E-state index in [1.54, 1.807) is 32.4 Å². The van der Waals surface area contributed by atoms with E-state index >= 15 is 0 Å². The number of nitrogens with one attached hydrogen (secondary N) is 2. The van der Waals surface area contributed by atoms with Crippen LogP contribution in [0.25, 0.3) is 0 Å². The summed E-state index contributed by atoms with van der Waals surface area (Å²) >= 11 is 0. The molecule has 104 valence electrons. The molecule has 5 heteroatoms. The first kappa shape index (κ1) is 13.7. The van der Waals surface area contributed by atoms with E-state index in [-0.39, 0.29) is 11.9 Å². The van der Waals surface area contributed by atoms with Crippen LogP contribution in [0.2, 0.25) is 0 Å². The molecule has 1 heterocycles. The summed E-state index contributed by atoms with van der Waals surface area (Å²) in [4.78, 5) is 12.3. The number of hydrogen-bond acceptors (Lipinski definition) is 4. The second kappa shape index (κ2) is 6.43. The quantitative estimate of drug-likeness (QED) is 0.857. The maximum Gasteiger partial charge on any atom is 0.255 e. The molecule has 0 bridgehead atoms. The minimum Gasteiger partial charge on any atom is -0.497 e. The van der Waals surface area contributed by atoms with Crippen LogP contribution in [0.3, 0.4) is 0 Å². The first-order valence-corrected chi connectivity index (χ1v) is 6.48. The zero-order valence-corrected chi connectivity index (χ0v) is 11.4. The summed E-state index contributed by atoms with van der Waals surface area (Å²) in [5, 5.41) is 6.30. The molecule has 1 atom stereocenters. The average Bonchev–Trinajstić information content (AvgIpc) is 2.47. The average molecular weight is 264 g/mol. The number of rotatable bonds is 4. The molecular weight excluding hydrogens is 244 g/mol. The van der Waals surface area contributed by atoms with Crippen LogP contribution in [0.15, 0.2) is 18.2 Å². The fourth-order valence-electron chi connectivity index (χ4n) is 2.23. The third-order valence-electron chi connectivity index (χ3n) is 3.28. The highest BCUT2D eigenvalue weighted by Crippen LogP contribution is 2.24. The van der Waals surface area contributed by atoms with E-state index in [2.05, 4.69) is 10.6 Å². The number of carbonyl (C=O) groups is 1. The van der Waals surface area contributed by atoms with Crippen LogP contribution in [-0.2, 0) is 0 Å². The van der Waals surface area contributed by atoms with Gasteiger partial charge in [0.05, 0.1) is 19.8 Å². The Morgan fingerprint density at radius 2 is 2.21 bits per heavy atom. The monoisotopic (exact) mass is 264 g/mol. The molecule has 0 aliphatic carbocycles. The molecule has 19 heavy (non-hydrogen) atoms. The highest BCUT2D eigenvalue weighted by Gasteiger charge is 2.19. The second-order valence-electron chi connectivity index (χ2n) is 4.58. The molecule has 1 aromatic rings. The van der Waals surface area contributed by atoms with E-state index in [1.807, 2.05) is 0 Å². The lowest BCUT2D eigenvalue weighted by Crippen LogP contribution is -2.45. The Labute approximate surface area is 113 Å². The lowest BCUT2D eigenvalue weighted by Gasteiger charge is -2.24. The van der Waals surface area contributed by atoms with E-state index in [9.17, 15) is 4.79 Å². The van der Waals surface area contributed by atoms with Gasteiger partial charge in [-0.3, -0.25) is 4.79 Å².